The number of hydrogen-bond donors (Lipinski definition) is 1. The Labute approximate surface area is 157 Å². The number of fused-ring (bicyclic) bond motifs is 2. The van der Waals surface area contributed by atoms with Crippen LogP contribution in [-0.2, 0) is 0 Å². The molecule has 4 rings (SSSR count). The summed E-state index contributed by atoms with van der Waals surface area (Å²) in [6, 6.07) is 10.9. The monoisotopic (exact) mass is 390 g/mol. The number of halogens is 3. The third kappa shape index (κ3) is 2.25. The maximum atomic E-state index is 12.9. The molecule has 2 aromatic carbocycles. The number of hydrogen-bond acceptors (Lipinski definition) is 4. The van der Waals surface area contributed by atoms with Gasteiger partial charge in [-0.1, -0.05) is 59.1 Å². The number of anilines is 1. The molecule has 2 N–H and O–H groups in total. The van der Waals surface area contributed by atoms with Crippen molar-refractivity contribution in [2.24, 2.45) is 0 Å². The number of nitrogens with two attached hydrogens (primary N) is 1. The van der Waals surface area contributed by atoms with Gasteiger partial charge in [0.25, 0.3) is 0 Å². The minimum atomic E-state index is -1.10. The van der Waals surface area contributed by atoms with Gasteiger partial charge in [-0.3, -0.25) is 14.6 Å². The molecule has 7 heteroatoms. The molecule has 1 atom stereocenters. The lowest BCUT2D eigenvalue weighted by Gasteiger charge is -2.08. The third-order valence-electron chi connectivity index (χ3n) is 4.29. The van der Waals surface area contributed by atoms with Crippen LogP contribution in [0.15, 0.2) is 36.4 Å². The molecule has 0 radical (unpaired) electrons. The van der Waals surface area contributed by atoms with E-state index < -0.39 is 17.5 Å². The molecule has 0 spiro atoms. The number of rotatable bonds is 1. The SMILES string of the molecule is Nc1c(Cl)c(Cl)c2c(c1Cl)C(=O)C(c1ccc3ccccc3n1)C2=O. The van der Waals surface area contributed by atoms with Crippen LogP contribution in [-0.4, -0.2) is 16.6 Å². The standard InChI is InChI=1S/C18H9Cl3N2O2/c19-13-11-12(14(20)16(22)15(13)21)18(25)10(17(11)24)9-6-5-7-3-1-2-4-8(7)23-9/h1-6,10H,22H2. The first-order valence-electron chi connectivity index (χ1n) is 7.32. The van der Waals surface area contributed by atoms with Crippen LogP contribution in [0.5, 0.6) is 0 Å². The van der Waals surface area contributed by atoms with E-state index in [2.05, 4.69) is 4.98 Å². The number of benzene rings is 2. The van der Waals surface area contributed by atoms with Gasteiger partial charge in [-0.25, -0.2) is 0 Å². The van der Waals surface area contributed by atoms with Crippen LogP contribution in [0.4, 0.5) is 5.69 Å². The Morgan fingerprint density at radius 2 is 1.48 bits per heavy atom. The van der Waals surface area contributed by atoms with Crippen molar-refractivity contribution in [2.75, 3.05) is 5.73 Å². The predicted molar refractivity (Wildman–Crippen MR) is 99.0 cm³/mol. The molecule has 0 amide bonds. The molecule has 0 saturated heterocycles. The lowest BCUT2D eigenvalue weighted by molar-refractivity contribution is 0.0888. The fraction of sp³-hybridized carbons (Fsp3) is 0.0556. The highest BCUT2D eigenvalue weighted by Crippen LogP contribution is 2.47. The van der Waals surface area contributed by atoms with Gasteiger partial charge >= 0.3 is 0 Å². The summed E-state index contributed by atoms with van der Waals surface area (Å²) in [5.41, 5.74) is 6.83. The van der Waals surface area contributed by atoms with Crippen molar-refractivity contribution >= 4 is 63.0 Å². The summed E-state index contributed by atoms with van der Waals surface area (Å²) in [5.74, 6) is -2.05. The summed E-state index contributed by atoms with van der Waals surface area (Å²) in [5, 5.41) is 0.773. The van der Waals surface area contributed by atoms with Crippen molar-refractivity contribution in [1.82, 2.24) is 4.98 Å². The van der Waals surface area contributed by atoms with Crippen LogP contribution in [0.25, 0.3) is 10.9 Å². The molecule has 124 valence electrons. The maximum absolute atomic E-state index is 12.9. The topological polar surface area (TPSA) is 73.1 Å². The zero-order valence-corrected chi connectivity index (χ0v) is 14.8. The van der Waals surface area contributed by atoms with E-state index in [-0.39, 0.29) is 31.9 Å². The van der Waals surface area contributed by atoms with E-state index in [4.69, 9.17) is 40.5 Å². The van der Waals surface area contributed by atoms with Crippen LogP contribution >= 0.6 is 34.8 Å². The highest BCUT2D eigenvalue weighted by molar-refractivity contribution is 6.51. The van der Waals surface area contributed by atoms with Gasteiger partial charge in [-0.2, -0.15) is 0 Å². The van der Waals surface area contributed by atoms with Crippen molar-refractivity contribution in [3.8, 4) is 0 Å². The molecule has 25 heavy (non-hydrogen) atoms. The molecular formula is C18H9Cl3N2O2. The molecule has 1 unspecified atom stereocenters. The van der Waals surface area contributed by atoms with Gasteiger partial charge < -0.3 is 5.73 Å². The Bertz CT molecular complexity index is 1050. The van der Waals surface area contributed by atoms with E-state index in [1.807, 2.05) is 30.3 Å². The minimum absolute atomic E-state index is 0.0100. The number of Topliss-reactive ketones (excluding diaryl/α,β-unsaturated/α-hetero) is 2. The fourth-order valence-corrected chi connectivity index (χ4v) is 3.87. The van der Waals surface area contributed by atoms with Crippen LogP contribution in [0.2, 0.25) is 15.1 Å². The summed E-state index contributed by atoms with van der Waals surface area (Å²) in [6.45, 7) is 0. The first kappa shape index (κ1) is 16.3. The lowest BCUT2D eigenvalue weighted by atomic mass is 9.98. The average Bonchev–Trinajstić information content (AvgIpc) is 2.88. The molecule has 0 saturated carbocycles. The summed E-state index contributed by atoms with van der Waals surface area (Å²) in [4.78, 5) is 30.2. The number of nitrogens with zero attached hydrogens (tertiary/aromatic N) is 1. The highest BCUT2D eigenvalue weighted by atomic mass is 35.5. The smallest absolute Gasteiger partial charge is 0.182 e. The number of pyridine rings is 1. The number of carbonyl (C=O) groups excluding carboxylic acids is 2. The van der Waals surface area contributed by atoms with Crippen LogP contribution in [0.3, 0.4) is 0 Å². The number of ketones is 2. The molecule has 4 nitrogen and oxygen atoms in total. The number of aromatic nitrogens is 1. The first-order chi connectivity index (χ1) is 11.9. The quantitative estimate of drug-likeness (QED) is 0.362. The molecule has 1 aliphatic carbocycles. The second-order valence-electron chi connectivity index (χ2n) is 5.70. The Balaban J connectivity index is 1.93. The van der Waals surface area contributed by atoms with E-state index in [0.717, 1.165) is 5.39 Å². The minimum Gasteiger partial charge on any atom is -0.396 e. The number of para-hydroxylation sites is 1. The predicted octanol–water partition coefficient (Wildman–Crippen LogP) is 4.94. The van der Waals surface area contributed by atoms with Gasteiger partial charge in [0.15, 0.2) is 11.6 Å². The van der Waals surface area contributed by atoms with Crippen molar-refractivity contribution in [3.63, 3.8) is 0 Å². The summed E-state index contributed by atoms with van der Waals surface area (Å²) in [6.07, 6.45) is 0. The van der Waals surface area contributed by atoms with Crippen molar-refractivity contribution in [1.29, 1.82) is 0 Å². The Morgan fingerprint density at radius 1 is 0.840 bits per heavy atom. The molecule has 0 aliphatic heterocycles. The van der Waals surface area contributed by atoms with Crippen LogP contribution < -0.4 is 5.73 Å². The second-order valence-corrected chi connectivity index (χ2v) is 6.83. The van der Waals surface area contributed by atoms with E-state index >= 15 is 0 Å². The fourth-order valence-electron chi connectivity index (χ4n) is 3.06. The number of nitrogen functional groups attached to an aromatic ring is 1. The van der Waals surface area contributed by atoms with E-state index in [1.54, 1.807) is 6.07 Å². The highest BCUT2D eigenvalue weighted by Gasteiger charge is 2.45. The molecule has 3 aromatic rings. The Hall–Kier alpha value is -2.14. The first-order valence-corrected chi connectivity index (χ1v) is 8.45. The summed E-state index contributed by atoms with van der Waals surface area (Å²) >= 11 is 18.4. The zero-order chi connectivity index (χ0) is 17.9. The molecule has 1 heterocycles. The van der Waals surface area contributed by atoms with Crippen molar-refractivity contribution < 1.29 is 9.59 Å². The second kappa shape index (κ2) is 5.70. The van der Waals surface area contributed by atoms with Gasteiger partial charge in [0.05, 0.1) is 43.1 Å². The van der Waals surface area contributed by atoms with Crippen LogP contribution in [0.1, 0.15) is 32.3 Å². The molecular weight excluding hydrogens is 383 g/mol. The molecule has 1 aliphatic rings. The summed E-state index contributed by atoms with van der Waals surface area (Å²) in [7, 11) is 0. The Morgan fingerprint density at radius 3 is 2.20 bits per heavy atom. The van der Waals surface area contributed by atoms with Crippen molar-refractivity contribution in [3.05, 3.63) is 68.3 Å². The van der Waals surface area contributed by atoms with E-state index in [9.17, 15) is 9.59 Å². The lowest BCUT2D eigenvalue weighted by Crippen LogP contribution is -2.14. The normalized spacial score (nSPS) is 16.5. The van der Waals surface area contributed by atoms with Gasteiger partial charge in [0.2, 0.25) is 0 Å². The van der Waals surface area contributed by atoms with Crippen LogP contribution in [0, 0.1) is 0 Å². The number of carbonyl (C=O) groups is 2. The largest absolute Gasteiger partial charge is 0.396 e. The van der Waals surface area contributed by atoms with E-state index in [1.165, 1.54) is 0 Å². The van der Waals surface area contributed by atoms with Gasteiger partial charge in [0.1, 0.15) is 5.92 Å². The molecule has 0 bridgehead atoms. The summed E-state index contributed by atoms with van der Waals surface area (Å²) < 4.78 is 0. The van der Waals surface area contributed by atoms with Gasteiger partial charge in [-0.15, -0.1) is 0 Å². The van der Waals surface area contributed by atoms with Gasteiger partial charge in [0, 0.05) is 5.39 Å². The van der Waals surface area contributed by atoms with E-state index in [0.29, 0.717) is 11.2 Å². The zero-order valence-electron chi connectivity index (χ0n) is 12.5. The molecule has 1 aromatic heterocycles. The third-order valence-corrected chi connectivity index (χ3v) is 5.55. The maximum Gasteiger partial charge on any atom is 0.182 e. The van der Waals surface area contributed by atoms with Crippen molar-refractivity contribution in [2.45, 2.75) is 5.92 Å². The Kier molecular flexibility index (Phi) is 3.72. The van der Waals surface area contributed by atoms with Gasteiger partial charge in [-0.05, 0) is 12.1 Å². The molecule has 0 fully saturated rings. The average molecular weight is 392 g/mol.